The number of nitrogens with zero attached hydrogens (tertiary/aromatic N) is 3. The molecular weight excluding hydrogens is 388 g/mol. The Kier molecular flexibility index (Phi) is 6.81. The monoisotopic (exact) mass is 414 g/mol. The summed E-state index contributed by atoms with van der Waals surface area (Å²) in [5.41, 5.74) is 1.38. The van der Waals surface area contributed by atoms with Crippen molar-refractivity contribution >= 4 is 29.7 Å². The minimum atomic E-state index is -0.976. The van der Waals surface area contributed by atoms with Gasteiger partial charge in [0.25, 0.3) is 5.91 Å². The number of likely N-dealkylation sites (tertiary alicyclic amines) is 1. The molecule has 3 rings (SSSR count). The summed E-state index contributed by atoms with van der Waals surface area (Å²) in [6.07, 6.45) is 3.43. The zero-order chi connectivity index (χ0) is 21.7. The summed E-state index contributed by atoms with van der Waals surface area (Å²) in [5.74, 6) is -2.40. The second kappa shape index (κ2) is 9.51. The van der Waals surface area contributed by atoms with Crippen molar-refractivity contribution in [1.29, 1.82) is 0 Å². The molecule has 0 aromatic heterocycles. The third-order valence-electron chi connectivity index (χ3n) is 5.26. The van der Waals surface area contributed by atoms with E-state index < -0.39 is 30.3 Å². The van der Waals surface area contributed by atoms with Crippen molar-refractivity contribution in [3.05, 3.63) is 35.4 Å². The van der Waals surface area contributed by atoms with E-state index in [0.29, 0.717) is 16.9 Å². The van der Waals surface area contributed by atoms with Gasteiger partial charge in [0.2, 0.25) is 5.91 Å². The number of imide groups is 2. The molecule has 2 heterocycles. The fourth-order valence-electron chi connectivity index (χ4n) is 3.47. The number of hydrogen-bond acceptors (Lipinski definition) is 5. The molecule has 0 spiro atoms. The van der Waals surface area contributed by atoms with E-state index in [2.05, 4.69) is 5.32 Å². The summed E-state index contributed by atoms with van der Waals surface area (Å²) >= 11 is 0. The molecule has 0 aliphatic carbocycles. The topological polar surface area (TPSA) is 107 Å². The van der Waals surface area contributed by atoms with Gasteiger partial charge in [0, 0.05) is 31.7 Å². The van der Waals surface area contributed by atoms with Crippen LogP contribution in [-0.2, 0) is 20.9 Å². The van der Waals surface area contributed by atoms with Gasteiger partial charge >= 0.3 is 17.8 Å². The van der Waals surface area contributed by atoms with Crippen molar-refractivity contribution in [2.75, 3.05) is 26.2 Å². The molecule has 1 N–H and O–H groups in total. The van der Waals surface area contributed by atoms with Crippen molar-refractivity contribution in [2.24, 2.45) is 0 Å². The molecule has 9 nitrogen and oxygen atoms in total. The van der Waals surface area contributed by atoms with Crippen LogP contribution in [0.15, 0.2) is 24.3 Å². The Morgan fingerprint density at radius 3 is 2.23 bits per heavy atom. The Labute approximate surface area is 175 Å². The number of hydrogen-bond donors (Lipinski definition) is 1. The van der Waals surface area contributed by atoms with Gasteiger partial charge in [-0.3, -0.25) is 24.1 Å². The Bertz CT molecular complexity index is 845. The van der Waals surface area contributed by atoms with E-state index in [-0.39, 0.29) is 19.0 Å². The SMILES string of the molecule is CCCCN1C(=O)C(=O)N(CC(=O)NCc2ccc(C(=O)N3CCCC3)cc2)C1=O. The molecule has 2 aliphatic rings. The lowest BCUT2D eigenvalue weighted by atomic mass is 10.1. The van der Waals surface area contributed by atoms with Crippen molar-refractivity contribution in [3.63, 3.8) is 0 Å². The average Bonchev–Trinajstić information content (AvgIpc) is 3.35. The van der Waals surface area contributed by atoms with Gasteiger partial charge in [-0.05, 0) is 37.0 Å². The number of rotatable bonds is 8. The van der Waals surface area contributed by atoms with Gasteiger partial charge in [0.05, 0.1) is 0 Å². The highest BCUT2D eigenvalue weighted by molar-refractivity contribution is 6.45. The van der Waals surface area contributed by atoms with Gasteiger partial charge in [-0.2, -0.15) is 0 Å². The molecule has 0 atom stereocenters. The maximum Gasteiger partial charge on any atom is 0.334 e. The van der Waals surface area contributed by atoms with Crippen LogP contribution in [-0.4, -0.2) is 70.5 Å². The van der Waals surface area contributed by atoms with Gasteiger partial charge in [-0.25, -0.2) is 9.69 Å². The summed E-state index contributed by atoms with van der Waals surface area (Å²) in [6.45, 7) is 3.32. The number of amides is 6. The van der Waals surface area contributed by atoms with Crippen molar-refractivity contribution in [1.82, 2.24) is 20.0 Å². The van der Waals surface area contributed by atoms with Gasteiger partial charge in [0.1, 0.15) is 6.54 Å². The smallest absolute Gasteiger partial charge is 0.334 e. The van der Waals surface area contributed by atoms with E-state index in [4.69, 9.17) is 0 Å². The third-order valence-corrected chi connectivity index (χ3v) is 5.26. The van der Waals surface area contributed by atoms with Crippen molar-refractivity contribution in [3.8, 4) is 0 Å². The first-order chi connectivity index (χ1) is 14.4. The van der Waals surface area contributed by atoms with Crippen LogP contribution in [0.1, 0.15) is 48.5 Å². The van der Waals surface area contributed by atoms with Crippen LogP contribution < -0.4 is 5.32 Å². The standard InChI is InChI=1S/C21H26N4O5/c1-2-3-12-24-19(28)20(29)25(21(24)30)14-17(26)22-13-15-6-8-16(9-7-15)18(27)23-10-4-5-11-23/h6-9H,2-5,10-14H2,1H3,(H,22,26). The van der Waals surface area contributed by atoms with Gasteiger partial charge in [0.15, 0.2) is 0 Å². The summed E-state index contributed by atoms with van der Waals surface area (Å²) in [5, 5.41) is 2.63. The van der Waals surface area contributed by atoms with Crippen LogP contribution >= 0.6 is 0 Å². The first-order valence-electron chi connectivity index (χ1n) is 10.2. The maximum absolute atomic E-state index is 12.4. The van der Waals surface area contributed by atoms with E-state index in [0.717, 1.165) is 42.8 Å². The lowest BCUT2D eigenvalue weighted by Crippen LogP contribution is -2.41. The third kappa shape index (κ3) is 4.67. The van der Waals surface area contributed by atoms with Crippen molar-refractivity contribution in [2.45, 2.75) is 39.2 Å². The maximum atomic E-state index is 12.4. The molecular formula is C21H26N4O5. The summed E-state index contributed by atoms with van der Waals surface area (Å²) in [6, 6.07) is 6.20. The quantitative estimate of drug-likeness (QED) is 0.507. The van der Waals surface area contributed by atoms with Gasteiger partial charge < -0.3 is 10.2 Å². The first-order valence-corrected chi connectivity index (χ1v) is 10.2. The predicted octanol–water partition coefficient (Wildman–Crippen LogP) is 1.13. The number of unbranched alkanes of at least 4 members (excludes halogenated alkanes) is 1. The van der Waals surface area contributed by atoms with Crippen LogP contribution in [0.2, 0.25) is 0 Å². The molecule has 6 amide bonds. The van der Waals surface area contributed by atoms with Crippen LogP contribution in [0.4, 0.5) is 4.79 Å². The van der Waals surface area contributed by atoms with E-state index >= 15 is 0 Å². The van der Waals surface area contributed by atoms with E-state index in [9.17, 15) is 24.0 Å². The fraction of sp³-hybridized carbons (Fsp3) is 0.476. The van der Waals surface area contributed by atoms with E-state index in [1.54, 1.807) is 24.3 Å². The molecule has 0 unspecified atom stereocenters. The zero-order valence-electron chi connectivity index (χ0n) is 17.1. The summed E-state index contributed by atoms with van der Waals surface area (Å²) in [4.78, 5) is 64.1. The fourth-order valence-corrected chi connectivity index (χ4v) is 3.47. The number of carbonyl (C=O) groups is 5. The van der Waals surface area contributed by atoms with Crippen molar-refractivity contribution < 1.29 is 24.0 Å². The molecule has 160 valence electrons. The minimum Gasteiger partial charge on any atom is -0.350 e. The Hall–Kier alpha value is -3.23. The van der Waals surface area contributed by atoms with Crippen LogP contribution in [0.3, 0.4) is 0 Å². The van der Waals surface area contributed by atoms with E-state index in [1.807, 2.05) is 11.8 Å². The molecule has 2 aliphatic heterocycles. The highest BCUT2D eigenvalue weighted by Crippen LogP contribution is 2.14. The second-order valence-corrected chi connectivity index (χ2v) is 7.46. The lowest BCUT2D eigenvalue weighted by molar-refractivity contribution is -0.144. The Morgan fingerprint density at radius 1 is 0.967 bits per heavy atom. The highest BCUT2D eigenvalue weighted by atomic mass is 16.2. The molecule has 2 saturated heterocycles. The number of urea groups is 1. The minimum absolute atomic E-state index is 0.00596. The van der Waals surface area contributed by atoms with Crippen LogP contribution in [0, 0.1) is 0 Å². The average molecular weight is 414 g/mol. The molecule has 1 aromatic carbocycles. The normalized spacial score (nSPS) is 16.6. The molecule has 2 fully saturated rings. The highest BCUT2D eigenvalue weighted by Gasteiger charge is 2.44. The molecule has 0 radical (unpaired) electrons. The molecule has 0 bridgehead atoms. The summed E-state index contributed by atoms with van der Waals surface area (Å²) < 4.78 is 0. The molecule has 1 aromatic rings. The Morgan fingerprint density at radius 2 is 1.60 bits per heavy atom. The predicted molar refractivity (Wildman–Crippen MR) is 107 cm³/mol. The Balaban J connectivity index is 1.51. The molecule has 9 heteroatoms. The van der Waals surface area contributed by atoms with Crippen LogP contribution in [0.5, 0.6) is 0 Å². The van der Waals surface area contributed by atoms with Gasteiger partial charge in [-0.15, -0.1) is 0 Å². The number of nitrogens with one attached hydrogen (secondary N) is 1. The first kappa shape index (κ1) is 21.5. The number of carbonyl (C=O) groups excluding carboxylic acids is 5. The zero-order valence-corrected chi connectivity index (χ0v) is 17.1. The molecule has 30 heavy (non-hydrogen) atoms. The second-order valence-electron chi connectivity index (χ2n) is 7.46. The lowest BCUT2D eigenvalue weighted by Gasteiger charge is -2.16. The van der Waals surface area contributed by atoms with Crippen LogP contribution in [0.25, 0.3) is 0 Å². The van der Waals surface area contributed by atoms with E-state index in [1.165, 1.54) is 0 Å². The molecule has 0 saturated carbocycles. The number of benzene rings is 1. The largest absolute Gasteiger partial charge is 0.350 e. The summed E-state index contributed by atoms with van der Waals surface area (Å²) in [7, 11) is 0. The van der Waals surface area contributed by atoms with Gasteiger partial charge in [-0.1, -0.05) is 25.5 Å².